The van der Waals surface area contributed by atoms with Crippen molar-refractivity contribution < 1.29 is 17.6 Å². The number of hydrogen-bond donors (Lipinski definition) is 0. The molecule has 2 aliphatic rings. The van der Waals surface area contributed by atoms with Gasteiger partial charge in [0.2, 0.25) is 0 Å². The zero-order valence-electron chi connectivity index (χ0n) is 24.3. The summed E-state index contributed by atoms with van der Waals surface area (Å²) in [6, 6.07) is 18.2. The van der Waals surface area contributed by atoms with Gasteiger partial charge in [0, 0.05) is 67.8 Å². The quantitative estimate of drug-likeness (QED) is 0.223. The van der Waals surface area contributed by atoms with E-state index >= 15 is 8.78 Å². The number of allylic oxidation sites excluding steroid dienone is 8. The van der Waals surface area contributed by atoms with Crippen molar-refractivity contribution in [2.45, 2.75) is 0 Å². The third-order valence-corrected chi connectivity index (χ3v) is 7.79. The van der Waals surface area contributed by atoms with Crippen LogP contribution >= 0.6 is 0 Å². The van der Waals surface area contributed by atoms with Crippen LogP contribution in [0.4, 0.5) is 17.6 Å². The van der Waals surface area contributed by atoms with Gasteiger partial charge in [0.25, 0.3) is 0 Å². The van der Waals surface area contributed by atoms with E-state index < -0.39 is 123 Å². The molecule has 0 bridgehead atoms. The van der Waals surface area contributed by atoms with E-state index in [9.17, 15) is 61.4 Å². The zero-order chi connectivity index (χ0) is 36.6. The maximum atomic E-state index is 15.5. The summed E-state index contributed by atoms with van der Waals surface area (Å²) in [6.07, 6.45) is 0. The smallest absolute Gasteiger partial charge is 0.143 e. The van der Waals surface area contributed by atoms with Crippen molar-refractivity contribution >= 4 is 33.4 Å². The van der Waals surface area contributed by atoms with Crippen molar-refractivity contribution in [1.82, 2.24) is 0 Å². The minimum atomic E-state index is -1.38. The van der Waals surface area contributed by atoms with Crippen LogP contribution in [0.25, 0.3) is 33.4 Å². The maximum absolute atomic E-state index is 15.5. The van der Waals surface area contributed by atoms with Gasteiger partial charge in [-0.2, -0.15) is 52.6 Å². The number of benzene rings is 3. The van der Waals surface area contributed by atoms with Crippen molar-refractivity contribution in [3.05, 3.63) is 114 Å². The van der Waals surface area contributed by atoms with Crippen molar-refractivity contribution in [3.8, 4) is 60.7 Å². The molecule has 2 aliphatic carbocycles. The largest absolute Gasteiger partial charge is 0.206 e. The van der Waals surface area contributed by atoms with E-state index in [4.69, 9.17) is 0 Å². The van der Waals surface area contributed by atoms with E-state index in [0.29, 0.717) is 24.3 Å². The van der Waals surface area contributed by atoms with Crippen LogP contribution in [0.2, 0.25) is 0 Å². The van der Waals surface area contributed by atoms with Gasteiger partial charge in [-0.3, -0.25) is 0 Å². The lowest BCUT2D eigenvalue weighted by Crippen LogP contribution is -2.05. The van der Waals surface area contributed by atoms with Crippen LogP contribution in [0.15, 0.2) is 35.4 Å². The first-order valence-electron chi connectivity index (χ1n) is 13.3. The fourth-order valence-corrected chi connectivity index (χ4v) is 5.91. The summed E-state index contributed by atoms with van der Waals surface area (Å²) in [7, 11) is 0. The van der Waals surface area contributed by atoms with Crippen molar-refractivity contribution in [1.29, 1.82) is 52.6 Å². The maximum Gasteiger partial charge on any atom is 0.143 e. The zero-order valence-corrected chi connectivity index (χ0v) is 24.3. The number of nitriles is 10. The normalized spacial score (nSPS) is 12.0. The molecular formula is C36H4F4N10. The van der Waals surface area contributed by atoms with Crippen molar-refractivity contribution in [2.75, 3.05) is 0 Å². The van der Waals surface area contributed by atoms with Crippen LogP contribution in [0.1, 0.15) is 55.6 Å². The summed E-state index contributed by atoms with van der Waals surface area (Å²) in [4.78, 5) is 0. The summed E-state index contributed by atoms with van der Waals surface area (Å²) in [5.41, 5.74) is -11.8. The molecule has 50 heavy (non-hydrogen) atoms. The summed E-state index contributed by atoms with van der Waals surface area (Å²) in [5, 5.41) is 101. The van der Waals surface area contributed by atoms with E-state index in [1.54, 1.807) is 48.6 Å². The molecular weight excluding hydrogens is 648 g/mol. The standard InChI is InChI=1S/C36H4F4N10/c37-25-3-27(39)19(1-15(25)5-41)31-21(11-47)33-23(13-49)36-30(18(9-45)10-46)32(20-2-16(6-42)26(38)4-28(20)40)22(12-48)34(36)24(14-50)35(33)29(31)17(7-43)8-44/h1-4H. The van der Waals surface area contributed by atoms with Gasteiger partial charge in [-0.1, -0.05) is 0 Å². The van der Waals surface area contributed by atoms with E-state index in [-0.39, 0.29) is 0 Å². The van der Waals surface area contributed by atoms with Gasteiger partial charge in [-0.25, -0.2) is 17.6 Å². The molecule has 0 radical (unpaired) electrons. The SMILES string of the molecule is N#CC(C#N)=C1C(c2cc(C#N)c(F)cc2F)=C(C#N)c2c(C#N)c3c(c(C#N)c21)C(C#N)=C(c1cc(C#N)c(F)cc1F)C3=C(C#N)C#N. The third-order valence-electron chi connectivity index (χ3n) is 7.79. The Kier molecular flexibility index (Phi) is 7.97. The Morgan fingerprint density at radius 3 is 1.00 bits per heavy atom. The molecule has 0 aromatic heterocycles. The van der Waals surface area contributed by atoms with Crippen LogP contribution in [0.5, 0.6) is 0 Å². The molecule has 3 aromatic carbocycles. The lowest BCUT2D eigenvalue weighted by Gasteiger charge is -2.16. The van der Waals surface area contributed by atoms with Gasteiger partial charge in [0.1, 0.15) is 95.1 Å². The molecule has 0 saturated carbocycles. The first-order valence-corrected chi connectivity index (χ1v) is 13.3. The Morgan fingerprint density at radius 1 is 0.400 bits per heavy atom. The van der Waals surface area contributed by atoms with Gasteiger partial charge in [-0.05, 0) is 12.1 Å². The first-order chi connectivity index (χ1) is 24.1. The van der Waals surface area contributed by atoms with Crippen LogP contribution < -0.4 is 0 Å². The average molecular weight is 652 g/mol. The van der Waals surface area contributed by atoms with Gasteiger partial charge in [-0.15, -0.1) is 0 Å². The Morgan fingerprint density at radius 2 is 0.740 bits per heavy atom. The van der Waals surface area contributed by atoms with E-state index in [1.165, 1.54) is 12.1 Å². The molecule has 0 aliphatic heterocycles. The van der Waals surface area contributed by atoms with Gasteiger partial charge < -0.3 is 0 Å². The summed E-state index contributed by atoms with van der Waals surface area (Å²) in [6.45, 7) is 0. The molecule has 0 N–H and O–H groups in total. The molecule has 226 valence electrons. The molecule has 10 nitrogen and oxygen atoms in total. The Balaban J connectivity index is 2.15. The molecule has 0 spiro atoms. The average Bonchev–Trinajstić information content (AvgIpc) is 3.62. The predicted octanol–water partition coefficient (Wildman–Crippen LogP) is 6.23. The van der Waals surface area contributed by atoms with Crippen LogP contribution in [0, 0.1) is 137 Å². The highest BCUT2D eigenvalue weighted by molar-refractivity contribution is 6.32. The predicted molar refractivity (Wildman–Crippen MR) is 159 cm³/mol. The van der Waals surface area contributed by atoms with Crippen LogP contribution in [-0.2, 0) is 0 Å². The van der Waals surface area contributed by atoms with E-state index in [1.807, 2.05) is 0 Å². The topological polar surface area (TPSA) is 238 Å². The highest BCUT2D eigenvalue weighted by atomic mass is 19.1. The molecule has 5 rings (SSSR count). The Bertz CT molecular complexity index is 2580. The van der Waals surface area contributed by atoms with Gasteiger partial charge in [0.15, 0.2) is 0 Å². The summed E-state index contributed by atoms with van der Waals surface area (Å²) in [5.74, 6) is -5.37. The fourth-order valence-electron chi connectivity index (χ4n) is 5.91. The van der Waals surface area contributed by atoms with Crippen LogP contribution in [0.3, 0.4) is 0 Å². The molecule has 0 heterocycles. The minimum Gasteiger partial charge on any atom is -0.206 e. The fraction of sp³-hybridized carbons (Fsp3) is 0. The monoisotopic (exact) mass is 652 g/mol. The second-order valence-electron chi connectivity index (χ2n) is 9.99. The highest BCUT2D eigenvalue weighted by Crippen LogP contribution is 2.58. The van der Waals surface area contributed by atoms with Crippen LogP contribution in [-0.4, -0.2) is 0 Å². The number of nitrogens with zero attached hydrogens (tertiary/aromatic N) is 10. The first kappa shape index (κ1) is 32.6. The molecule has 0 unspecified atom stereocenters. The van der Waals surface area contributed by atoms with Gasteiger partial charge >= 0.3 is 0 Å². The third kappa shape index (κ3) is 4.32. The Hall–Kier alpha value is -8.76. The number of rotatable bonds is 2. The number of fused-ring (bicyclic) bond motifs is 2. The molecule has 0 amide bonds. The lowest BCUT2D eigenvalue weighted by atomic mass is 9.82. The highest BCUT2D eigenvalue weighted by Gasteiger charge is 2.44. The number of halogens is 4. The summed E-state index contributed by atoms with van der Waals surface area (Å²) >= 11 is 0. The van der Waals surface area contributed by atoms with Gasteiger partial charge in [0.05, 0.1) is 33.4 Å². The second kappa shape index (κ2) is 12.2. The van der Waals surface area contributed by atoms with Crippen molar-refractivity contribution in [3.63, 3.8) is 0 Å². The molecule has 14 heteroatoms. The second-order valence-corrected chi connectivity index (χ2v) is 9.99. The molecule has 3 aromatic rings. The lowest BCUT2D eigenvalue weighted by molar-refractivity contribution is 0.578. The minimum absolute atomic E-state index is 0.299. The summed E-state index contributed by atoms with van der Waals surface area (Å²) < 4.78 is 59.8. The molecule has 0 fully saturated rings. The van der Waals surface area contributed by atoms with Crippen molar-refractivity contribution in [2.24, 2.45) is 0 Å². The molecule has 0 saturated heterocycles. The Labute approximate surface area is 278 Å². The van der Waals surface area contributed by atoms with E-state index in [2.05, 4.69) is 0 Å². The molecule has 0 atom stereocenters. The van der Waals surface area contributed by atoms with E-state index in [0.717, 1.165) is 0 Å². The number of hydrogen-bond acceptors (Lipinski definition) is 10.